The molecule has 0 aliphatic rings. The Morgan fingerprint density at radius 3 is 2.36 bits per heavy atom. The number of carboxylic acids is 1. The Morgan fingerprint density at radius 1 is 1.29 bits per heavy atom. The molecule has 1 N–H and O–H groups in total. The number of carbonyl (C=O) groups is 1. The van der Waals surface area contributed by atoms with Crippen molar-refractivity contribution in [1.29, 1.82) is 0 Å². The number of hydrogen-bond donors (Lipinski definition) is 1. The Labute approximate surface area is 84.3 Å². The predicted molar refractivity (Wildman–Crippen MR) is 55.1 cm³/mol. The van der Waals surface area contributed by atoms with E-state index >= 15 is 0 Å². The molecule has 0 unspecified atom stereocenters. The van der Waals surface area contributed by atoms with Gasteiger partial charge >= 0.3 is 5.97 Å². The second-order valence-electron chi connectivity index (χ2n) is 2.37. The number of aliphatic carboxylic acids is 1. The van der Waals surface area contributed by atoms with E-state index in [4.69, 9.17) is 9.84 Å². The number of hydrogen-bond acceptors (Lipinski definition) is 2. The fourth-order valence-corrected chi connectivity index (χ4v) is 0.830. The van der Waals surface area contributed by atoms with E-state index in [-0.39, 0.29) is 6.61 Å². The van der Waals surface area contributed by atoms with Gasteiger partial charge in [-0.25, -0.2) is 4.79 Å². The summed E-state index contributed by atoms with van der Waals surface area (Å²) in [7, 11) is 0. The molecule has 1 aromatic rings. The molecule has 0 amide bonds. The first-order chi connectivity index (χ1) is 6.79. The van der Waals surface area contributed by atoms with Crippen molar-refractivity contribution in [1.82, 2.24) is 0 Å². The maximum Gasteiger partial charge on any atom is 0.329 e. The van der Waals surface area contributed by atoms with Crippen molar-refractivity contribution in [2.45, 2.75) is 20.5 Å². The Bertz CT molecular complexity index is 244. The summed E-state index contributed by atoms with van der Waals surface area (Å²) in [6, 6.07) is 9.46. The Kier molecular flexibility index (Phi) is 7.46. The summed E-state index contributed by atoms with van der Waals surface area (Å²) in [5.41, 5.74) is 0.985. The molecule has 0 heterocycles. The SMILES string of the molecule is CC.O=C(O)COCc1ccccc1. The minimum atomic E-state index is -0.939. The van der Waals surface area contributed by atoms with Gasteiger partial charge in [0.05, 0.1) is 6.61 Å². The fourth-order valence-electron chi connectivity index (χ4n) is 0.830. The maximum atomic E-state index is 10.1. The van der Waals surface area contributed by atoms with Crippen LogP contribution in [0.15, 0.2) is 30.3 Å². The van der Waals surface area contributed by atoms with E-state index in [1.807, 2.05) is 44.2 Å². The summed E-state index contributed by atoms with van der Waals surface area (Å²) in [5, 5.41) is 8.27. The molecular weight excluding hydrogens is 180 g/mol. The molecule has 0 aliphatic carbocycles. The highest BCUT2D eigenvalue weighted by atomic mass is 16.5. The van der Waals surface area contributed by atoms with Gasteiger partial charge in [-0.2, -0.15) is 0 Å². The van der Waals surface area contributed by atoms with Crippen LogP contribution in [0.3, 0.4) is 0 Å². The molecule has 1 rings (SSSR count). The highest BCUT2D eigenvalue weighted by molar-refractivity contribution is 5.67. The average Bonchev–Trinajstić information content (AvgIpc) is 2.22. The first-order valence-corrected chi connectivity index (χ1v) is 4.62. The molecule has 3 heteroatoms. The Balaban J connectivity index is 0.000000791. The van der Waals surface area contributed by atoms with Gasteiger partial charge in [0.1, 0.15) is 6.61 Å². The van der Waals surface area contributed by atoms with Crippen LogP contribution in [0.5, 0.6) is 0 Å². The van der Waals surface area contributed by atoms with E-state index in [0.29, 0.717) is 6.61 Å². The van der Waals surface area contributed by atoms with Crippen LogP contribution in [0.4, 0.5) is 0 Å². The largest absolute Gasteiger partial charge is 0.480 e. The molecule has 0 saturated carbocycles. The van der Waals surface area contributed by atoms with Crippen molar-refractivity contribution in [2.24, 2.45) is 0 Å². The van der Waals surface area contributed by atoms with Gasteiger partial charge in [-0.05, 0) is 5.56 Å². The fraction of sp³-hybridized carbons (Fsp3) is 0.364. The number of ether oxygens (including phenoxy) is 1. The van der Waals surface area contributed by atoms with Gasteiger partial charge in [-0.1, -0.05) is 44.2 Å². The topological polar surface area (TPSA) is 46.5 Å². The second-order valence-corrected chi connectivity index (χ2v) is 2.37. The van der Waals surface area contributed by atoms with Crippen LogP contribution in [-0.4, -0.2) is 17.7 Å². The third-order valence-electron chi connectivity index (χ3n) is 1.34. The first kappa shape index (κ1) is 12.7. The van der Waals surface area contributed by atoms with Crippen molar-refractivity contribution >= 4 is 5.97 Å². The summed E-state index contributed by atoms with van der Waals surface area (Å²) < 4.78 is 4.88. The number of carboxylic acid groups (broad SMARTS) is 1. The van der Waals surface area contributed by atoms with E-state index in [0.717, 1.165) is 5.56 Å². The normalized spacial score (nSPS) is 8.71. The molecule has 0 aromatic heterocycles. The lowest BCUT2D eigenvalue weighted by Gasteiger charge is -1.99. The van der Waals surface area contributed by atoms with Crippen LogP contribution < -0.4 is 0 Å². The summed E-state index contributed by atoms with van der Waals surface area (Å²) >= 11 is 0. The third kappa shape index (κ3) is 6.20. The molecule has 0 saturated heterocycles. The number of rotatable bonds is 4. The van der Waals surface area contributed by atoms with Crippen LogP contribution in [0.25, 0.3) is 0 Å². The molecule has 1 aromatic carbocycles. The highest BCUT2D eigenvalue weighted by Crippen LogP contribution is 1.99. The van der Waals surface area contributed by atoms with Gasteiger partial charge in [-0.15, -0.1) is 0 Å². The zero-order valence-corrected chi connectivity index (χ0v) is 8.56. The Hall–Kier alpha value is -1.35. The maximum absolute atomic E-state index is 10.1. The zero-order valence-electron chi connectivity index (χ0n) is 8.56. The van der Waals surface area contributed by atoms with Gasteiger partial charge < -0.3 is 9.84 Å². The molecule has 78 valence electrons. The van der Waals surface area contributed by atoms with Gasteiger partial charge in [0.2, 0.25) is 0 Å². The lowest BCUT2D eigenvalue weighted by atomic mass is 10.2. The smallest absolute Gasteiger partial charge is 0.329 e. The molecule has 3 nitrogen and oxygen atoms in total. The quantitative estimate of drug-likeness (QED) is 0.803. The van der Waals surface area contributed by atoms with Crippen LogP contribution in [-0.2, 0) is 16.1 Å². The highest BCUT2D eigenvalue weighted by Gasteiger charge is 1.96. The van der Waals surface area contributed by atoms with Crippen molar-refractivity contribution in [2.75, 3.05) is 6.61 Å². The summed E-state index contributed by atoms with van der Waals surface area (Å²) in [5.74, 6) is -0.939. The third-order valence-corrected chi connectivity index (χ3v) is 1.34. The molecule has 0 atom stereocenters. The zero-order chi connectivity index (χ0) is 10.8. The van der Waals surface area contributed by atoms with Crippen LogP contribution in [0.2, 0.25) is 0 Å². The molecule has 0 fully saturated rings. The van der Waals surface area contributed by atoms with Gasteiger partial charge in [0.15, 0.2) is 0 Å². The van der Waals surface area contributed by atoms with Crippen LogP contribution in [0, 0.1) is 0 Å². The van der Waals surface area contributed by atoms with Gasteiger partial charge in [-0.3, -0.25) is 0 Å². The Morgan fingerprint density at radius 2 is 1.86 bits per heavy atom. The number of benzene rings is 1. The summed E-state index contributed by atoms with van der Waals surface area (Å²) in [6.07, 6.45) is 0. The standard InChI is InChI=1S/C9H10O3.C2H6/c10-9(11)7-12-6-8-4-2-1-3-5-8;1-2/h1-5H,6-7H2,(H,10,11);1-2H3. The molecule has 0 aliphatic heterocycles. The van der Waals surface area contributed by atoms with Gasteiger partial charge in [0, 0.05) is 0 Å². The van der Waals surface area contributed by atoms with E-state index in [1.165, 1.54) is 0 Å². The molecule has 0 radical (unpaired) electrons. The van der Waals surface area contributed by atoms with Gasteiger partial charge in [0.25, 0.3) is 0 Å². The molecule has 0 spiro atoms. The molecule has 0 bridgehead atoms. The van der Waals surface area contributed by atoms with Crippen molar-refractivity contribution in [3.05, 3.63) is 35.9 Å². The monoisotopic (exact) mass is 196 g/mol. The lowest BCUT2D eigenvalue weighted by molar-refractivity contribution is -0.142. The van der Waals surface area contributed by atoms with Crippen molar-refractivity contribution in [3.63, 3.8) is 0 Å². The first-order valence-electron chi connectivity index (χ1n) is 4.62. The van der Waals surface area contributed by atoms with Crippen molar-refractivity contribution in [3.8, 4) is 0 Å². The summed E-state index contributed by atoms with van der Waals surface area (Å²) in [6.45, 7) is 4.11. The van der Waals surface area contributed by atoms with Crippen molar-refractivity contribution < 1.29 is 14.6 Å². The van der Waals surface area contributed by atoms with E-state index in [9.17, 15) is 4.79 Å². The second kappa shape index (κ2) is 8.26. The van der Waals surface area contributed by atoms with E-state index in [2.05, 4.69) is 0 Å². The van der Waals surface area contributed by atoms with E-state index in [1.54, 1.807) is 0 Å². The van der Waals surface area contributed by atoms with Crippen LogP contribution in [0.1, 0.15) is 19.4 Å². The molecular formula is C11H16O3. The minimum Gasteiger partial charge on any atom is -0.480 e. The lowest BCUT2D eigenvalue weighted by Crippen LogP contribution is -2.06. The summed E-state index contributed by atoms with van der Waals surface area (Å²) in [4.78, 5) is 10.1. The van der Waals surface area contributed by atoms with E-state index < -0.39 is 5.97 Å². The predicted octanol–water partition coefficient (Wildman–Crippen LogP) is 2.31. The average molecular weight is 196 g/mol. The minimum absolute atomic E-state index is 0.241. The molecule has 14 heavy (non-hydrogen) atoms. The van der Waals surface area contributed by atoms with Crippen LogP contribution >= 0.6 is 0 Å².